The quantitative estimate of drug-likeness (QED) is 0.298. The van der Waals surface area contributed by atoms with Crippen LogP contribution in [0.3, 0.4) is 0 Å². The molecule has 1 fully saturated rings. The molecule has 0 aromatic carbocycles. The molecule has 0 aliphatic carbocycles. The van der Waals surface area contributed by atoms with Crippen LogP contribution in [-0.2, 0) is 0 Å². The first-order valence-corrected chi connectivity index (χ1v) is 2.98. The Morgan fingerprint density at radius 2 is 1.40 bits per heavy atom. The van der Waals surface area contributed by atoms with Crippen molar-refractivity contribution in [3.63, 3.8) is 0 Å². The minimum Gasteiger partial charge on any atom is -0.328 e. The summed E-state index contributed by atoms with van der Waals surface area (Å²) in [6, 6.07) is 0. The Labute approximate surface area is 58.3 Å². The predicted octanol–water partition coefficient (Wildman–Crippen LogP) is -1.17. The highest BCUT2D eigenvalue weighted by Gasteiger charge is 1.91. The summed E-state index contributed by atoms with van der Waals surface area (Å²) in [6.45, 7) is 4.56. The van der Waals surface area contributed by atoms with Crippen LogP contribution in [0.15, 0.2) is 0 Å². The van der Waals surface area contributed by atoms with Gasteiger partial charge in [0.05, 0.1) is 0 Å². The van der Waals surface area contributed by atoms with E-state index in [0.29, 0.717) is 0 Å². The van der Waals surface area contributed by atoms with Gasteiger partial charge in [0.1, 0.15) is 0 Å². The Hall–Kier alpha value is -0.880. The van der Waals surface area contributed by atoms with Gasteiger partial charge in [0.2, 0.25) is 0 Å². The molecule has 0 radical (unpaired) electrons. The molecule has 1 saturated heterocycles. The molecule has 1 aliphatic rings. The van der Waals surface area contributed by atoms with Gasteiger partial charge in [-0.15, -0.1) is 10.1 Å². The molecule has 0 saturated carbocycles. The highest BCUT2D eigenvalue weighted by Crippen LogP contribution is 1.65. The van der Waals surface area contributed by atoms with E-state index in [1.54, 1.807) is 0 Å². The maximum Gasteiger partial charge on any atom is 0.291 e. The molecule has 0 unspecified atom stereocenters. The summed E-state index contributed by atoms with van der Waals surface area (Å²) < 4.78 is 0. The zero-order valence-electron chi connectivity index (χ0n) is 5.54. The van der Waals surface area contributed by atoms with Crippen molar-refractivity contribution in [2.24, 2.45) is 0 Å². The Kier molecular flexibility index (Phi) is 5.69. The SMILES string of the molecule is C1CNCCN1.O=[N+]([O-])O. The van der Waals surface area contributed by atoms with E-state index in [4.69, 9.17) is 15.3 Å². The highest BCUT2D eigenvalue weighted by molar-refractivity contribution is 4.59. The molecular formula is C4H11N3O3. The lowest BCUT2D eigenvalue weighted by atomic mass is 10.4. The lowest BCUT2D eigenvalue weighted by Gasteiger charge is -2.11. The fourth-order valence-corrected chi connectivity index (χ4v) is 0.604. The van der Waals surface area contributed by atoms with E-state index < -0.39 is 5.09 Å². The minimum atomic E-state index is -1.50. The second kappa shape index (κ2) is 6.24. The second-order valence-corrected chi connectivity index (χ2v) is 1.74. The van der Waals surface area contributed by atoms with Gasteiger partial charge in [-0.25, -0.2) is 0 Å². The average molecular weight is 149 g/mol. The topological polar surface area (TPSA) is 87.4 Å². The van der Waals surface area contributed by atoms with Crippen molar-refractivity contribution in [3.05, 3.63) is 10.1 Å². The zero-order chi connectivity index (χ0) is 7.82. The monoisotopic (exact) mass is 149 g/mol. The third-order valence-corrected chi connectivity index (χ3v) is 0.957. The third kappa shape index (κ3) is 10.2. The molecule has 1 aliphatic heterocycles. The minimum absolute atomic E-state index is 1.14. The van der Waals surface area contributed by atoms with E-state index in [1.165, 1.54) is 0 Å². The Morgan fingerprint density at radius 1 is 1.20 bits per heavy atom. The van der Waals surface area contributed by atoms with Gasteiger partial charge in [0.15, 0.2) is 0 Å². The number of piperazine rings is 1. The Bertz CT molecular complexity index is 78.2. The van der Waals surface area contributed by atoms with Crippen molar-refractivity contribution >= 4 is 0 Å². The Balaban J connectivity index is 0.000000180. The molecule has 6 heteroatoms. The van der Waals surface area contributed by atoms with Gasteiger partial charge in [-0.05, 0) is 0 Å². The first kappa shape index (κ1) is 9.12. The van der Waals surface area contributed by atoms with Crippen LogP contribution in [-0.4, -0.2) is 36.5 Å². The van der Waals surface area contributed by atoms with Gasteiger partial charge in [0, 0.05) is 26.2 Å². The fraction of sp³-hybridized carbons (Fsp3) is 1.00. The summed E-state index contributed by atoms with van der Waals surface area (Å²) in [4.78, 5) is 8.36. The lowest BCUT2D eigenvalue weighted by molar-refractivity contribution is -0.742. The molecule has 0 spiro atoms. The summed E-state index contributed by atoms with van der Waals surface area (Å²) >= 11 is 0. The molecule has 0 aromatic rings. The molecule has 0 bridgehead atoms. The van der Waals surface area contributed by atoms with Gasteiger partial charge in [-0.1, -0.05) is 0 Å². The van der Waals surface area contributed by atoms with E-state index in [0.717, 1.165) is 26.2 Å². The van der Waals surface area contributed by atoms with Gasteiger partial charge in [-0.2, -0.15) is 0 Å². The van der Waals surface area contributed by atoms with Crippen LogP contribution in [0.25, 0.3) is 0 Å². The summed E-state index contributed by atoms with van der Waals surface area (Å²) in [7, 11) is 0. The van der Waals surface area contributed by atoms with Crippen molar-refractivity contribution in [1.29, 1.82) is 0 Å². The maximum absolute atomic E-state index is 8.36. The van der Waals surface area contributed by atoms with Gasteiger partial charge in [-0.3, -0.25) is 0 Å². The second-order valence-electron chi connectivity index (χ2n) is 1.74. The molecule has 0 aromatic heterocycles. The molecule has 1 heterocycles. The van der Waals surface area contributed by atoms with E-state index in [2.05, 4.69) is 10.6 Å². The van der Waals surface area contributed by atoms with E-state index in [1.807, 2.05) is 0 Å². The largest absolute Gasteiger partial charge is 0.328 e. The van der Waals surface area contributed by atoms with Crippen molar-refractivity contribution in [1.82, 2.24) is 10.6 Å². The number of nitrogens with zero attached hydrogens (tertiary/aromatic N) is 1. The average Bonchev–Trinajstić information content (AvgIpc) is 1.90. The van der Waals surface area contributed by atoms with E-state index in [-0.39, 0.29) is 0 Å². The highest BCUT2D eigenvalue weighted by atomic mass is 16.9. The summed E-state index contributed by atoms with van der Waals surface area (Å²) in [6.07, 6.45) is 0. The molecule has 6 nitrogen and oxygen atoms in total. The van der Waals surface area contributed by atoms with Crippen molar-refractivity contribution in [2.75, 3.05) is 26.2 Å². The molecule has 1 rings (SSSR count). The molecule has 0 atom stereocenters. The normalized spacial score (nSPS) is 16.8. The standard InChI is InChI=1S/C4H10N2.HNO3/c1-2-6-4-3-5-1;2-1(3)4/h5-6H,1-4H2;(H,2,3,4). The van der Waals surface area contributed by atoms with Gasteiger partial charge < -0.3 is 15.8 Å². The smallest absolute Gasteiger partial charge is 0.291 e. The predicted molar refractivity (Wildman–Crippen MR) is 34.5 cm³/mol. The van der Waals surface area contributed by atoms with Crippen molar-refractivity contribution in [2.45, 2.75) is 0 Å². The van der Waals surface area contributed by atoms with Crippen molar-refractivity contribution in [3.8, 4) is 0 Å². The number of nitrogens with one attached hydrogen (secondary N) is 2. The lowest BCUT2D eigenvalue weighted by Crippen LogP contribution is -2.39. The summed E-state index contributed by atoms with van der Waals surface area (Å²) in [5, 5.41) is 20.1. The van der Waals surface area contributed by atoms with Crippen LogP contribution in [0.5, 0.6) is 0 Å². The molecule has 0 amide bonds. The van der Waals surface area contributed by atoms with Crippen molar-refractivity contribution < 1.29 is 10.3 Å². The van der Waals surface area contributed by atoms with E-state index in [9.17, 15) is 0 Å². The molecule has 3 N–H and O–H groups in total. The molecule has 10 heavy (non-hydrogen) atoms. The van der Waals surface area contributed by atoms with Crippen LogP contribution in [0.2, 0.25) is 0 Å². The first-order chi connectivity index (χ1) is 4.73. The number of hydrogen-bond donors (Lipinski definition) is 3. The summed E-state index contributed by atoms with van der Waals surface area (Å²) in [5.41, 5.74) is 0. The van der Waals surface area contributed by atoms with Gasteiger partial charge >= 0.3 is 0 Å². The van der Waals surface area contributed by atoms with Crippen LogP contribution < -0.4 is 10.6 Å². The van der Waals surface area contributed by atoms with Crippen LogP contribution in [0.1, 0.15) is 0 Å². The van der Waals surface area contributed by atoms with Crippen LogP contribution >= 0.6 is 0 Å². The first-order valence-electron chi connectivity index (χ1n) is 2.98. The maximum atomic E-state index is 8.36. The van der Waals surface area contributed by atoms with Gasteiger partial charge in [0.25, 0.3) is 5.09 Å². The van der Waals surface area contributed by atoms with E-state index >= 15 is 0 Å². The third-order valence-electron chi connectivity index (χ3n) is 0.957. The van der Waals surface area contributed by atoms with Crippen LogP contribution in [0.4, 0.5) is 0 Å². The zero-order valence-corrected chi connectivity index (χ0v) is 5.54. The number of hydrogen-bond acceptors (Lipinski definition) is 4. The number of rotatable bonds is 0. The molecule has 60 valence electrons. The Morgan fingerprint density at radius 3 is 1.50 bits per heavy atom. The van der Waals surface area contributed by atoms with Crippen LogP contribution in [0, 0.1) is 10.1 Å². The summed E-state index contributed by atoms with van der Waals surface area (Å²) in [5.74, 6) is 0. The molecular weight excluding hydrogens is 138 g/mol. The fourth-order valence-electron chi connectivity index (χ4n) is 0.604.